The number of hydrogen-bond acceptors (Lipinski definition) is 6. The number of phenols is 1. The zero-order chi connectivity index (χ0) is 18.8. The predicted octanol–water partition coefficient (Wildman–Crippen LogP) is 5.13. The summed E-state index contributed by atoms with van der Waals surface area (Å²) in [6.07, 6.45) is 3.75. The summed E-state index contributed by atoms with van der Waals surface area (Å²) >= 11 is 10.3. The number of methoxy groups -OCH3 is 1. The topological polar surface area (TPSA) is 49.8 Å². The molecule has 0 atom stereocenters. The van der Waals surface area contributed by atoms with Gasteiger partial charge in [0.25, 0.3) is 5.91 Å². The Bertz CT molecular complexity index is 930. The minimum atomic E-state index is -0.152. The number of thiocarbonyl (C=S) groups is 1. The predicted molar refractivity (Wildman–Crippen MR) is 121 cm³/mol. The van der Waals surface area contributed by atoms with E-state index >= 15 is 0 Å². The number of phenolic OH excluding ortho intramolecular Hbond substituents is 1. The first-order valence-corrected chi connectivity index (χ1v) is 11.0. The van der Waals surface area contributed by atoms with E-state index < -0.39 is 0 Å². The van der Waals surface area contributed by atoms with E-state index in [4.69, 9.17) is 17.0 Å². The van der Waals surface area contributed by atoms with Gasteiger partial charge in [0.05, 0.1) is 21.3 Å². The standard InChI is InChI=1S/C18H14INO3S3/c1-23-14-7-10(6-13(19)16(14)21)8-15-17(22)20(18(24)26-15)11-4-3-5-12(9-11)25-2/h3-9,21H,1-2H3/b15-8+. The van der Waals surface area contributed by atoms with Crippen LogP contribution in [0.1, 0.15) is 5.56 Å². The Morgan fingerprint density at radius 2 is 2.12 bits per heavy atom. The molecule has 1 fully saturated rings. The maximum absolute atomic E-state index is 12.9. The monoisotopic (exact) mass is 515 g/mol. The van der Waals surface area contributed by atoms with Gasteiger partial charge in [-0.3, -0.25) is 9.69 Å². The number of hydrogen-bond donors (Lipinski definition) is 1. The van der Waals surface area contributed by atoms with E-state index in [-0.39, 0.29) is 11.7 Å². The van der Waals surface area contributed by atoms with E-state index in [2.05, 4.69) is 0 Å². The number of aromatic hydroxyl groups is 1. The molecular weight excluding hydrogens is 501 g/mol. The first kappa shape index (κ1) is 19.5. The zero-order valence-electron chi connectivity index (χ0n) is 13.9. The van der Waals surface area contributed by atoms with Gasteiger partial charge in [0.1, 0.15) is 0 Å². The highest BCUT2D eigenvalue weighted by Crippen LogP contribution is 2.38. The molecule has 8 heteroatoms. The summed E-state index contributed by atoms with van der Waals surface area (Å²) in [6, 6.07) is 11.2. The number of ether oxygens (including phenoxy) is 1. The van der Waals surface area contributed by atoms with Crippen LogP contribution in [0.2, 0.25) is 0 Å². The lowest BCUT2D eigenvalue weighted by Crippen LogP contribution is -2.27. The molecule has 3 rings (SSSR count). The van der Waals surface area contributed by atoms with Crippen molar-refractivity contribution in [3.8, 4) is 11.5 Å². The lowest BCUT2D eigenvalue weighted by atomic mass is 10.2. The molecule has 0 aromatic heterocycles. The molecule has 1 heterocycles. The van der Waals surface area contributed by atoms with Gasteiger partial charge in [0, 0.05) is 4.90 Å². The van der Waals surface area contributed by atoms with E-state index in [0.29, 0.717) is 18.5 Å². The highest BCUT2D eigenvalue weighted by molar-refractivity contribution is 14.1. The smallest absolute Gasteiger partial charge is 0.270 e. The number of amides is 1. The van der Waals surface area contributed by atoms with Crippen LogP contribution in [0.25, 0.3) is 6.08 Å². The molecule has 4 nitrogen and oxygen atoms in total. The fourth-order valence-corrected chi connectivity index (χ4v) is 4.80. The molecule has 1 aliphatic rings. The van der Waals surface area contributed by atoms with Crippen LogP contribution in [-0.2, 0) is 4.79 Å². The second-order valence-electron chi connectivity index (χ2n) is 5.27. The van der Waals surface area contributed by atoms with E-state index in [1.807, 2.05) is 53.1 Å². The Morgan fingerprint density at radius 1 is 1.35 bits per heavy atom. The summed E-state index contributed by atoms with van der Waals surface area (Å²) in [4.78, 5) is 16.0. The zero-order valence-corrected chi connectivity index (χ0v) is 18.5. The number of carbonyl (C=O) groups excluding carboxylic acids is 1. The molecule has 0 unspecified atom stereocenters. The average molecular weight is 515 g/mol. The second kappa shape index (κ2) is 8.20. The lowest BCUT2D eigenvalue weighted by molar-refractivity contribution is -0.113. The number of benzene rings is 2. The molecule has 2 aromatic rings. The minimum absolute atomic E-state index is 0.0895. The first-order valence-electron chi connectivity index (χ1n) is 7.43. The third-order valence-corrected chi connectivity index (χ3v) is 6.52. The summed E-state index contributed by atoms with van der Waals surface area (Å²) in [5.41, 5.74) is 1.53. The second-order valence-corrected chi connectivity index (χ2v) is 8.99. The van der Waals surface area contributed by atoms with Crippen molar-refractivity contribution in [2.45, 2.75) is 4.90 Å². The van der Waals surface area contributed by atoms with Crippen molar-refractivity contribution in [3.05, 3.63) is 50.4 Å². The summed E-state index contributed by atoms with van der Waals surface area (Å²) in [6.45, 7) is 0. The fraction of sp³-hybridized carbons (Fsp3) is 0.111. The van der Waals surface area contributed by atoms with Gasteiger partial charge in [-0.15, -0.1) is 11.8 Å². The molecule has 1 amide bonds. The Labute approximate surface area is 179 Å². The maximum Gasteiger partial charge on any atom is 0.270 e. The molecule has 2 aromatic carbocycles. The molecule has 1 aliphatic heterocycles. The van der Waals surface area contributed by atoms with Crippen molar-refractivity contribution >= 4 is 80.3 Å². The highest BCUT2D eigenvalue weighted by atomic mass is 127. The SMILES string of the molecule is COc1cc(/C=C2/SC(=S)N(c3cccc(SC)c3)C2=O)cc(I)c1O. The lowest BCUT2D eigenvalue weighted by Gasteiger charge is -2.15. The molecule has 0 radical (unpaired) electrons. The van der Waals surface area contributed by atoms with Crippen molar-refractivity contribution in [2.75, 3.05) is 18.3 Å². The number of rotatable bonds is 4. The van der Waals surface area contributed by atoms with Crippen molar-refractivity contribution in [1.29, 1.82) is 0 Å². The summed E-state index contributed by atoms with van der Waals surface area (Å²) < 4.78 is 6.33. The van der Waals surface area contributed by atoms with E-state index in [0.717, 1.165) is 16.1 Å². The van der Waals surface area contributed by atoms with Crippen LogP contribution in [0.15, 0.2) is 46.2 Å². The molecule has 0 spiro atoms. The number of carbonyl (C=O) groups is 1. The van der Waals surface area contributed by atoms with Crippen LogP contribution in [-0.4, -0.2) is 28.7 Å². The first-order chi connectivity index (χ1) is 12.4. The molecular formula is C18H14INO3S3. The number of halogens is 1. The number of anilines is 1. The van der Waals surface area contributed by atoms with Gasteiger partial charge < -0.3 is 9.84 Å². The van der Waals surface area contributed by atoms with Gasteiger partial charge in [-0.2, -0.15) is 0 Å². The molecule has 1 saturated heterocycles. The van der Waals surface area contributed by atoms with Crippen LogP contribution in [0.3, 0.4) is 0 Å². The van der Waals surface area contributed by atoms with Crippen molar-refractivity contribution < 1.29 is 14.6 Å². The molecule has 0 bridgehead atoms. The molecule has 1 N–H and O–H groups in total. The summed E-state index contributed by atoms with van der Waals surface area (Å²) in [5, 5.41) is 9.96. The summed E-state index contributed by atoms with van der Waals surface area (Å²) in [5.74, 6) is 0.304. The Balaban J connectivity index is 1.96. The quantitative estimate of drug-likeness (QED) is 0.264. The van der Waals surface area contributed by atoms with Crippen molar-refractivity contribution in [1.82, 2.24) is 0 Å². The van der Waals surface area contributed by atoms with E-state index in [1.54, 1.807) is 34.9 Å². The largest absolute Gasteiger partial charge is 0.504 e. The normalized spacial score (nSPS) is 15.8. The van der Waals surface area contributed by atoms with Crippen LogP contribution < -0.4 is 9.64 Å². The van der Waals surface area contributed by atoms with Crippen LogP contribution in [0.5, 0.6) is 11.5 Å². The van der Waals surface area contributed by atoms with Crippen LogP contribution in [0, 0.1) is 3.57 Å². The molecule has 134 valence electrons. The molecule has 26 heavy (non-hydrogen) atoms. The molecule has 0 aliphatic carbocycles. The maximum atomic E-state index is 12.9. The van der Waals surface area contributed by atoms with Gasteiger partial charge in [0.2, 0.25) is 0 Å². The summed E-state index contributed by atoms with van der Waals surface area (Å²) in [7, 11) is 1.49. The van der Waals surface area contributed by atoms with Crippen molar-refractivity contribution in [2.24, 2.45) is 0 Å². The fourth-order valence-electron chi connectivity index (χ4n) is 2.42. The minimum Gasteiger partial charge on any atom is -0.504 e. The third kappa shape index (κ3) is 3.88. The van der Waals surface area contributed by atoms with Crippen LogP contribution in [0.4, 0.5) is 5.69 Å². The van der Waals surface area contributed by atoms with Gasteiger partial charge in [0.15, 0.2) is 15.8 Å². The Kier molecular flexibility index (Phi) is 6.16. The molecule has 0 saturated carbocycles. The third-order valence-electron chi connectivity index (χ3n) is 3.67. The Morgan fingerprint density at radius 3 is 2.81 bits per heavy atom. The van der Waals surface area contributed by atoms with E-state index in [1.165, 1.54) is 18.9 Å². The average Bonchev–Trinajstić information content (AvgIpc) is 2.91. The van der Waals surface area contributed by atoms with Gasteiger partial charge in [-0.25, -0.2) is 0 Å². The Hall–Kier alpha value is -1.23. The van der Waals surface area contributed by atoms with Gasteiger partial charge >= 0.3 is 0 Å². The number of nitrogens with zero attached hydrogens (tertiary/aromatic N) is 1. The van der Waals surface area contributed by atoms with Crippen LogP contribution >= 0.6 is 58.3 Å². The van der Waals surface area contributed by atoms with Gasteiger partial charge in [-0.05, 0) is 70.8 Å². The van der Waals surface area contributed by atoms with Gasteiger partial charge in [-0.1, -0.05) is 30.0 Å². The number of thioether (sulfide) groups is 2. The van der Waals surface area contributed by atoms with Crippen molar-refractivity contribution in [3.63, 3.8) is 0 Å². The highest BCUT2D eigenvalue weighted by Gasteiger charge is 2.33. The van der Waals surface area contributed by atoms with E-state index in [9.17, 15) is 9.90 Å².